The van der Waals surface area contributed by atoms with E-state index in [4.69, 9.17) is 4.74 Å². The maximum Gasteiger partial charge on any atom is 0.412 e. The molecule has 6 nitrogen and oxygen atoms in total. The van der Waals surface area contributed by atoms with E-state index >= 15 is 0 Å². The summed E-state index contributed by atoms with van der Waals surface area (Å²) in [4.78, 5) is 29.0. The lowest BCUT2D eigenvalue weighted by Gasteiger charge is -2.19. The van der Waals surface area contributed by atoms with Gasteiger partial charge in [0.15, 0.2) is 5.78 Å². The summed E-state index contributed by atoms with van der Waals surface area (Å²) in [7, 11) is 0. The van der Waals surface area contributed by atoms with Gasteiger partial charge in [0, 0.05) is 22.2 Å². The Hall–Kier alpha value is -3.41. The van der Waals surface area contributed by atoms with Crippen molar-refractivity contribution >= 4 is 29.2 Å². The van der Waals surface area contributed by atoms with Gasteiger partial charge in [0.25, 0.3) is 0 Å². The maximum absolute atomic E-state index is 12.9. The van der Waals surface area contributed by atoms with Gasteiger partial charge in [-0.25, -0.2) is 9.78 Å². The highest BCUT2D eigenvalue weighted by molar-refractivity contribution is 5.98. The van der Waals surface area contributed by atoms with Gasteiger partial charge < -0.3 is 9.14 Å². The zero-order valence-electron chi connectivity index (χ0n) is 16.7. The third kappa shape index (κ3) is 3.92. The number of aromatic nitrogens is 2. The summed E-state index contributed by atoms with van der Waals surface area (Å²) < 4.78 is 7.25. The van der Waals surface area contributed by atoms with Gasteiger partial charge in [0.1, 0.15) is 5.60 Å². The first-order chi connectivity index (χ1) is 13.8. The number of nitrogens with one attached hydrogen (secondary N) is 1. The number of Topliss-reactive ketones (excluding diaryl/α,β-unsaturated/α-hetero) is 1. The first-order valence-corrected chi connectivity index (χ1v) is 9.57. The Balaban J connectivity index is 1.51. The average molecular weight is 389 g/mol. The van der Waals surface area contributed by atoms with Crippen LogP contribution >= 0.6 is 0 Å². The average Bonchev–Trinajstić information content (AvgIpc) is 3.23. The Morgan fingerprint density at radius 2 is 1.97 bits per heavy atom. The number of hydrogen-bond donors (Lipinski definition) is 1. The van der Waals surface area contributed by atoms with E-state index in [0.717, 1.165) is 22.9 Å². The van der Waals surface area contributed by atoms with Crippen molar-refractivity contribution in [3.05, 3.63) is 71.0 Å². The number of rotatable bonds is 4. The normalized spacial score (nSPS) is 13.1. The molecule has 1 aliphatic rings. The fourth-order valence-corrected chi connectivity index (χ4v) is 3.54. The first kappa shape index (κ1) is 18.9. The van der Waals surface area contributed by atoms with E-state index < -0.39 is 11.7 Å². The number of ether oxygens (including phenoxy) is 1. The second-order valence-electron chi connectivity index (χ2n) is 8.09. The number of allylic oxidation sites excluding steroid dienone is 2. The monoisotopic (exact) mass is 389 g/mol. The molecule has 0 radical (unpaired) electrons. The lowest BCUT2D eigenvalue weighted by molar-refractivity contribution is 0.0636. The maximum atomic E-state index is 12.9. The molecule has 4 rings (SSSR count). The highest BCUT2D eigenvalue weighted by Gasteiger charge is 2.19. The van der Waals surface area contributed by atoms with E-state index in [1.165, 1.54) is 5.56 Å². The number of anilines is 1. The molecule has 3 aromatic rings. The van der Waals surface area contributed by atoms with Crippen molar-refractivity contribution in [2.45, 2.75) is 39.2 Å². The van der Waals surface area contributed by atoms with Gasteiger partial charge in [-0.15, -0.1) is 0 Å². The largest absolute Gasteiger partial charge is 0.444 e. The molecule has 0 unspecified atom stereocenters. The van der Waals surface area contributed by atoms with E-state index in [-0.39, 0.29) is 5.78 Å². The molecule has 29 heavy (non-hydrogen) atoms. The second-order valence-corrected chi connectivity index (χ2v) is 8.09. The summed E-state index contributed by atoms with van der Waals surface area (Å²) in [6.45, 7) is 5.42. The highest BCUT2D eigenvalue weighted by atomic mass is 16.6. The Kier molecular flexibility index (Phi) is 4.70. The van der Waals surface area contributed by atoms with Crippen LogP contribution in [0.3, 0.4) is 0 Å². The number of carbonyl (C=O) groups excluding carboxylic acids is 2. The van der Waals surface area contributed by atoms with Gasteiger partial charge in [-0.1, -0.05) is 18.2 Å². The van der Waals surface area contributed by atoms with Crippen LogP contribution < -0.4 is 10.5 Å². The Morgan fingerprint density at radius 3 is 2.69 bits per heavy atom. The summed E-state index contributed by atoms with van der Waals surface area (Å²) in [5.74, 6) is 0.0202. The third-order valence-corrected chi connectivity index (χ3v) is 4.78. The standard InChI is InChI=1S/C23H23N3O3/c1-23(2,3)29-22(28)25-16-10-8-15(9-11-16)21(27)12-19-17-6-4-5-7-18(17)20-13-24-14-26(19)20/h4-5,7-11,13-14H,6,12H2,1-3H3,(H,25,28). The lowest BCUT2D eigenvalue weighted by Crippen LogP contribution is -2.27. The van der Waals surface area contributed by atoms with Gasteiger partial charge in [-0.3, -0.25) is 10.1 Å². The number of benzene rings is 1. The molecule has 2 aromatic heterocycles. The van der Waals surface area contributed by atoms with Crippen LogP contribution in [0.25, 0.3) is 11.6 Å². The van der Waals surface area contributed by atoms with E-state index in [1.54, 1.807) is 51.4 Å². The number of hydrogen-bond acceptors (Lipinski definition) is 4. The summed E-state index contributed by atoms with van der Waals surface area (Å²) in [5, 5.41) is 3.82. The molecule has 0 bridgehead atoms. The molecular formula is C23H23N3O3. The first-order valence-electron chi connectivity index (χ1n) is 9.57. The van der Waals surface area contributed by atoms with Crippen LogP contribution in [0.5, 0.6) is 0 Å². The fourth-order valence-electron chi connectivity index (χ4n) is 3.54. The van der Waals surface area contributed by atoms with Crippen LogP contribution in [0.1, 0.15) is 42.4 Å². The summed E-state index contributed by atoms with van der Waals surface area (Å²) in [6, 6.07) is 6.87. The number of amides is 1. The van der Waals surface area contributed by atoms with Crippen molar-refractivity contribution in [2.75, 3.05) is 5.32 Å². The second kappa shape index (κ2) is 7.20. The third-order valence-electron chi connectivity index (χ3n) is 4.78. The van der Waals surface area contributed by atoms with Crippen LogP contribution in [0.2, 0.25) is 0 Å². The summed E-state index contributed by atoms with van der Waals surface area (Å²) in [6.07, 6.45) is 10.4. The number of nitrogens with zero attached hydrogens (tertiary/aromatic N) is 2. The molecule has 0 saturated carbocycles. The van der Waals surface area contributed by atoms with Gasteiger partial charge >= 0.3 is 6.09 Å². The SMILES string of the molecule is CC(C)(C)OC(=O)Nc1ccc(C(=O)Cc2c3c(c4cncn24)=CC=CC3)cc1. The summed E-state index contributed by atoms with van der Waals surface area (Å²) in [5.41, 5.74) is 3.81. The molecule has 1 aliphatic carbocycles. The molecule has 6 heteroatoms. The number of imidazole rings is 1. The number of fused-ring (bicyclic) bond motifs is 3. The quantitative estimate of drug-likeness (QED) is 0.691. The molecule has 2 heterocycles. The van der Waals surface area contributed by atoms with E-state index in [1.807, 2.05) is 16.7 Å². The minimum absolute atomic E-state index is 0.0202. The molecule has 1 amide bonds. The number of ketones is 1. The molecular weight excluding hydrogens is 366 g/mol. The molecule has 0 aliphatic heterocycles. The molecule has 0 atom stereocenters. The van der Waals surface area contributed by atoms with Crippen molar-refractivity contribution < 1.29 is 14.3 Å². The molecule has 0 spiro atoms. The Morgan fingerprint density at radius 1 is 1.21 bits per heavy atom. The lowest BCUT2D eigenvalue weighted by atomic mass is 10.00. The summed E-state index contributed by atoms with van der Waals surface area (Å²) >= 11 is 0. The minimum Gasteiger partial charge on any atom is -0.444 e. The smallest absolute Gasteiger partial charge is 0.412 e. The van der Waals surface area contributed by atoms with E-state index in [2.05, 4.69) is 22.5 Å². The van der Waals surface area contributed by atoms with Gasteiger partial charge in [0.2, 0.25) is 0 Å². The van der Waals surface area contributed by atoms with Gasteiger partial charge in [0.05, 0.1) is 24.5 Å². The fraction of sp³-hybridized carbons (Fsp3) is 0.261. The van der Waals surface area contributed by atoms with Crippen LogP contribution in [0, 0.1) is 0 Å². The van der Waals surface area contributed by atoms with E-state index in [0.29, 0.717) is 17.7 Å². The zero-order chi connectivity index (χ0) is 20.6. The molecule has 0 saturated heterocycles. The molecule has 148 valence electrons. The molecule has 1 aromatic carbocycles. The van der Waals surface area contributed by atoms with Crippen molar-refractivity contribution in [3.8, 4) is 0 Å². The van der Waals surface area contributed by atoms with Crippen LogP contribution in [0.15, 0.2) is 48.9 Å². The van der Waals surface area contributed by atoms with Gasteiger partial charge in [-0.05, 0) is 57.0 Å². The predicted octanol–water partition coefficient (Wildman–Crippen LogP) is 3.72. The Labute approximate surface area is 168 Å². The molecule has 0 fully saturated rings. The van der Waals surface area contributed by atoms with Crippen molar-refractivity contribution in [2.24, 2.45) is 0 Å². The van der Waals surface area contributed by atoms with Crippen molar-refractivity contribution in [1.82, 2.24) is 9.38 Å². The van der Waals surface area contributed by atoms with Crippen molar-refractivity contribution in [3.63, 3.8) is 0 Å². The predicted molar refractivity (Wildman–Crippen MR) is 112 cm³/mol. The Bertz CT molecular complexity index is 1160. The van der Waals surface area contributed by atoms with Crippen LogP contribution in [-0.2, 0) is 17.6 Å². The number of carbonyl (C=O) groups is 2. The topological polar surface area (TPSA) is 72.7 Å². The zero-order valence-corrected chi connectivity index (χ0v) is 16.7. The molecule has 1 N–H and O–H groups in total. The minimum atomic E-state index is -0.566. The van der Waals surface area contributed by atoms with Crippen LogP contribution in [0.4, 0.5) is 10.5 Å². The van der Waals surface area contributed by atoms with Crippen LogP contribution in [-0.4, -0.2) is 26.9 Å². The highest BCUT2D eigenvalue weighted by Crippen LogP contribution is 2.19. The van der Waals surface area contributed by atoms with Crippen molar-refractivity contribution in [1.29, 1.82) is 0 Å². The van der Waals surface area contributed by atoms with Gasteiger partial charge in [-0.2, -0.15) is 0 Å². The van der Waals surface area contributed by atoms with E-state index in [9.17, 15) is 9.59 Å².